The summed E-state index contributed by atoms with van der Waals surface area (Å²) >= 11 is 0. The first kappa shape index (κ1) is 38.3. The molecule has 0 unspecified atom stereocenters. The monoisotopic (exact) mass is 800 g/mol. The second-order valence-corrected chi connectivity index (χ2v) is 14.9. The van der Waals surface area contributed by atoms with Crippen molar-refractivity contribution in [3.8, 4) is 45.5 Å². The SMILES string of the molecule is C/C=C\C(=C/C)c1nc(-c2ccccc2)nc(-c2cccc(-n3c4ccc5nc(-c6ccccc6)n(-c6ccccc6)c5c4c4c5ccccc5c5ccccc5c43)c2)n1.CC. The first-order valence-corrected chi connectivity index (χ1v) is 21.3. The van der Waals surface area contributed by atoms with Crippen molar-refractivity contribution < 1.29 is 0 Å². The summed E-state index contributed by atoms with van der Waals surface area (Å²) in [4.78, 5) is 20.6. The third-order valence-electron chi connectivity index (χ3n) is 11.4. The molecule has 0 amide bonds. The number of nitrogens with zero attached hydrogens (tertiary/aromatic N) is 6. The fourth-order valence-electron chi connectivity index (χ4n) is 8.81. The molecule has 62 heavy (non-hydrogen) atoms. The number of hydrogen-bond acceptors (Lipinski definition) is 4. The largest absolute Gasteiger partial charge is 0.308 e. The van der Waals surface area contributed by atoms with Gasteiger partial charge in [-0.1, -0.05) is 172 Å². The van der Waals surface area contributed by atoms with E-state index in [-0.39, 0.29) is 0 Å². The van der Waals surface area contributed by atoms with Gasteiger partial charge in [-0.2, -0.15) is 0 Å². The molecule has 3 aromatic heterocycles. The minimum absolute atomic E-state index is 0.609. The summed E-state index contributed by atoms with van der Waals surface area (Å²) in [6, 6.07) is 61.9. The predicted octanol–water partition coefficient (Wildman–Crippen LogP) is 14.6. The lowest BCUT2D eigenvalue weighted by Gasteiger charge is -2.13. The molecule has 6 heteroatoms. The lowest BCUT2D eigenvalue weighted by molar-refractivity contribution is 1.03. The average molecular weight is 801 g/mol. The smallest absolute Gasteiger partial charge is 0.164 e. The van der Waals surface area contributed by atoms with E-state index in [9.17, 15) is 0 Å². The summed E-state index contributed by atoms with van der Waals surface area (Å²) < 4.78 is 4.78. The van der Waals surface area contributed by atoms with Crippen molar-refractivity contribution in [2.24, 2.45) is 0 Å². The first-order valence-electron chi connectivity index (χ1n) is 21.3. The predicted molar refractivity (Wildman–Crippen MR) is 260 cm³/mol. The first-order chi connectivity index (χ1) is 30.7. The van der Waals surface area contributed by atoms with E-state index in [1.807, 2.05) is 76.3 Å². The van der Waals surface area contributed by atoms with Crippen molar-refractivity contribution >= 4 is 60.0 Å². The summed E-state index contributed by atoms with van der Waals surface area (Å²) in [5, 5.41) is 7.12. The molecule has 0 fully saturated rings. The zero-order chi connectivity index (χ0) is 42.2. The highest BCUT2D eigenvalue weighted by atomic mass is 15.1. The molecule has 0 saturated heterocycles. The highest BCUT2D eigenvalue weighted by Crippen LogP contribution is 2.46. The minimum Gasteiger partial charge on any atom is -0.308 e. The summed E-state index contributed by atoms with van der Waals surface area (Å²) in [6.07, 6.45) is 6.10. The van der Waals surface area contributed by atoms with Crippen LogP contribution in [0.1, 0.15) is 33.5 Å². The summed E-state index contributed by atoms with van der Waals surface area (Å²) in [5.74, 6) is 2.77. The second-order valence-electron chi connectivity index (χ2n) is 14.9. The molecule has 0 aliphatic carbocycles. The Kier molecular flexibility index (Phi) is 10.0. The minimum atomic E-state index is 0.609. The van der Waals surface area contributed by atoms with Gasteiger partial charge in [-0.05, 0) is 66.4 Å². The standard InChI is InChI=1S/C54H38N6.C2H6/c1-3-19-35(4-2)51-56-52(36-20-8-5-9-21-36)58-53(57-51)38-24-18-27-40(34-38)59-46-33-32-45-50(60(39-25-12-7-13-26-39)54(55-45)37-22-10-6-11-23-37)48(46)47-43-30-16-14-28-41(43)42-29-15-17-31-44(42)49(47)59;1-2/h3-34H,1-2H3;1-2H3/b19-3-,35-4+;. The number of para-hydroxylation sites is 1. The van der Waals surface area contributed by atoms with Crippen LogP contribution in [0.15, 0.2) is 194 Å². The Labute approximate surface area is 360 Å². The lowest BCUT2D eigenvalue weighted by atomic mass is 9.96. The van der Waals surface area contributed by atoms with Gasteiger partial charge in [0.2, 0.25) is 0 Å². The van der Waals surface area contributed by atoms with Gasteiger partial charge < -0.3 is 4.57 Å². The van der Waals surface area contributed by atoms with Gasteiger partial charge in [0.25, 0.3) is 0 Å². The maximum absolute atomic E-state index is 5.39. The van der Waals surface area contributed by atoms with E-state index < -0.39 is 0 Å². The zero-order valence-corrected chi connectivity index (χ0v) is 35.2. The third-order valence-corrected chi connectivity index (χ3v) is 11.4. The number of aromatic nitrogens is 6. The summed E-state index contributed by atoms with van der Waals surface area (Å²) in [6.45, 7) is 8.02. The number of hydrogen-bond donors (Lipinski definition) is 0. The van der Waals surface area contributed by atoms with Crippen LogP contribution >= 0.6 is 0 Å². The van der Waals surface area contributed by atoms with E-state index in [4.69, 9.17) is 19.9 Å². The average Bonchev–Trinajstić information content (AvgIpc) is 3.92. The zero-order valence-electron chi connectivity index (χ0n) is 35.2. The number of imidazole rings is 1. The Balaban J connectivity index is 0.00000226. The molecule has 0 N–H and O–H groups in total. The van der Waals surface area contributed by atoms with Gasteiger partial charge in [0.15, 0.2) is 17.5 Å². The van der Waals surface area contributed by atoms with Crippen molar-refractivity contribution in [3.05, 3.63) is 200 Å². The molecular formula is C56H44N6. The van der Waals surface area contributed by atoms with Crippen LogP contribution in [0, 0.1) is 0 Å². The Bertz CT molecular complexity index is 3490. The van der Waals surface area contributed by atoms with Gasteiger partial charge in [-0.3, -0.25) is 4.57 Å². The molecule has 0 spiro atoms. The van der Waals surface area contributed by atoms with Gasteiger partial charge in [-0.25, -0.2) is 19.9 Å². The molecular weight excluding hydrogens is 757 g/mol. The van der Waals surface area contributed by atoms with Crippen molar-refractivity contribution in [1.82, 2.24) is 29.1 Å². The summed E-state index contributed by atoms with van der Waals surface area (Å²) in [5.41, 5.74) is 10.1. The molecule has 0 aliphatic heterocycles. The Hall–Kier alpha value is -7.96. The van der Waals surface area contributed by atoms with Crippen molar-refractivity contribution in [2.75, 3.05) is 0 Å². The Morgan fingerprint density at radius 3 is 1.69 bits per heavy atom. The molecule has 0 atom stereocenters. The normalized spacial score (nSPS) is 11.9. The van der Waals surface area contributed by atoms with Gasteiger partial charge in [0.1, 0.15) is 5.82 Å². The third kappa shape index (κ3) is 6.36. The topological polar surface area (TPSA) is 61.4 Å². The van der Waals surface area contributed by atoms with Crippen LogP contribution < -0.4 is 0 Å². The van der Waals surface area contributed by atoms with Crippen molar-refractivity contribution in [2.45, 2.75) is 27.7 Å². The Morgan fingerprint density at radius 1 is 0.452 bits per heavy atom. The van der Waals surface area contributed by atoms with Crippen LogP contribution in [0.3, 0.4) is 0 Å². The lowest BCUT2D eigenvalue weighted by Crippen LogP contribution is -2.03. The van der Waals surface area contributed by atoms with E-state index in [2.05, 4.69) is 155 Å². The molecule has 0 aliphatic rings. The van der Waals surface area contributed by atoms with Gasteiger partial charge in [-0.15, -0.1) is 0 Å². The highest BCUT2D eigenvalue weighted by Gasteiger charge is 2.25. The maximum Gasteiger partial charge on any atom is 0.164 e. The molecule has 3 heterocycles. The van der Waals surface area contributed by atoms with E-state index in [0.29, 0.717) is 17.5 Å². The number of allylic oxidation sites excluding steroid dienone is 4. The van der Waals surface area contributed by atoms with Crippen LogP contribution in [-0.2, 0) is 0 Å². The van der Waals surface area contributed by atoms with Crippen molar-refractivity contribution in [1.29, 1.82) is 0 Å². The second kappa shape index (κ2) is 16.2. The maximum atomic E-state index is 5.39. The molecule has 298 valence electrons. The quantitative estimate of drug-likeness (QED) is 0.119. The van der Waals surface area contributed by atoms with Crippen LogP contribution in [0.25, 0.3) is 105 Å². The molecule has 11 aromatic rings. The molecule has 0 saturated carbocycles. The van der Waals surface area contributed by atoms with Crippen LogP contribution in [-0.4, -0.2) is 29.1 Å². The van der Waals surface area contributed by atoms with E-state index >= 15 is 0 Å². The fourth-order valence-corrected chi connectivity index (χ4v) is 8.81. The van der Waals surface area contributed by atoms with Gasteiger partial charge in [0, 0.05) is 49.8 Å². The molecule has 0 bridgehead atoms. The van der Waals surface area contributed by atoms with E-state index in [1.54, 1.807) is 0 Å². The van der Waals surface area contributed by atoms with E-state index in [0.717, 1.165) is 66.9 Å². The molecule has 0 radical (unpaired) electrons. The number of fused-ring (bicyclic) bond motifs is 10. The molecule has 6 nitrogen and oxygen atoms in total. The molecule has 11 rings (SSSR count). The van der Waals surface area contributed by atoms with Crippen LogP contribution in [0.2, 0.25) is 0 Å². The van der Waals surface area contributed by atoms with Crippen molar-refractivity contribution in [3.63, 3.8) is 0 Å². The molecule has 8 aromatic carbocycles. The van der Waals surface area contributed by atoms with Crippen LogP contribution in [0.4, 0.5) is 0 Å². The number of benzene rings is 8. The summed E-state index contributed by atoms with van der Waals surface area (Å²) in [7, 11) is 0. The van der Waals surface area contributed by atoms with E-state index in [1.165, 1.54) is 26.9 Å². The fraction of sp³-hybridized carbons (Fsp3) is 0.0714. The van der Waals surface area contributed by atoms with Gasteiger partial charge >= 0.3 is 0 Å². The van der Waals surface area contributed by atoms with Crippen LogP contribution in [0.5, 0.6) is 0 Å². The highest BCUT2D eigenvalue weighted by molar-refractivity contribution is 6.35. The number of rotatable bonds is 7. The van der Waals surface area contributed by atoms with Gasteiger partial charge in [0.05, 0.1) is 22.1 Å². The Morgan fingerprint density at radius 2 is 1.02 bits per heavy atom.